The molecule has 2 amide bonds. The molecule has 0 spiro atoms. The zero-order valence-electron chi connectivity index (χ0n) is 17.4. The summed E-state index contributed by atoms with van der Waals surface area (Å²) in [5, 5.41) is 3.00. The predicted octanol–water partition coefficient (Wildman–Crippen LogP) is 4.12. The molecule has 28 heavy (non-hydrogen) atoms. The first-order chi connectivity index (χ1) is 13.4. The first kappa shape index (κ1) is 21.7. The number of nitrogens with zero attached hydrogens (tertiary/aromatic N) is 1. The second-order valence-corrected chi connectivity index (χ2v) is 7.67. The highest BCUT2D eigenvalue weighted by atomic mass is 16.2. The Balaban J connectivity index is 2.25. The zero-order valence-corrected chi connectivity index (χ0v) is 17.4. The van der Waals surface area contributed by atoms with E-state index in [4.69, 9.17) is 0 Å². The maximum absolute atomic E-state index is 13.3. The first-order valence-corrected chi connectivity index (χ1v) is 10.1. The molecule has 0 heterocycles. The van der Waals surface area contributed by atoms with E-state index >= 15 is 0 Å². The second-order valence-electron chi connectivity index (χ2n) is 7.67. The molecule has 150 valence electrons. The topological polar surface area (TPSA) is 49.4 Å². The van der Waals surface area contributed by atoms with Crippen molar-refractivity contribution in [1.82, 2.24) is 10.2 Å². The van der Waals surface area contributed by atoms with Gasteiger partial charge in [-0.2, -0.15) is 0 Å². The van der Waals surface area contributed by atoms with Gasteiger partial charge < -0.3 is 10.2 Å². The fourth-order valence-electron chi connectivity index (χ4n) is 3.20. The van der Waals surface area contributed by atoms with Crippen LogP contribution in [0, 0.1) is 12.8 Å². The monoisotopic (exact) mass is 380 g/mol. The lowest BCUT2D eigenvalue weighted by Gasteiger charge is -2.31. The molecule has 0 aliphatic rings. The van der Waals surface area contributed by atoms with Gasteiger partial charge in [0, 0.05) is 13.1 Å². The van der Waals surface area contributed by atoms with Crippen LogP contribution >= 0.6 is 0 Å². The van der Waals surface area contributed by atoms with Gasteiger partial charge in [0.25, 0.3) is 0 Å². The summed E-state index contributed by atoms with van der Waals surface area (Å²) in [5.41, 5.74) is 3.12. The van der Waals surface area contributed by atoms with Gasteiger partial charge in [-0.15, -0.1) is 0 Å². The number of nitrogens with one attached hydrogen (secondary N) is 1. The minimum absolute atomic E-state index is 0.0234. The first-order valence-electron chi connectivity index (χ1n) is 10.1. The molecule has 0 aliphatic carbocycles. The lowest BCUT2D eigenvalue weighted by Crippen LogP contribution is -2.50. The Labute approximate surface area is 169 Å². The summed E-state index contributed by atoms with van der Waals surface area (Å²) in [7, 11) is 0. The predicted molar refractivity (Wildman–Crippen MR) is 114 cm³/mol. The summed E-state index contributed by atoms with van der Waals surface area (Å²) in [6.07, 6.45) is 0.879. The van der Waals surface area contributed by atoms with E-state index in [1.54, 1.807) is 4.90 Å². The van der Waals surface area contributed by atoms with Crippen LogP contribution in [0.15, 0.2) is 54.6 Å². The Hall–Kier alpha value is -2.62. The van der Waals surface area contributed by atoms with Gasteiger partial charge in [-0.05, 0) is 36.0 Å². The van der Waals surface area contributed by atoms with Crippen LogP contribution < -0.4 is 5.32 Å². The number of carbonyl (C=O) groups excluding carboxylic acids is 2. The molecule has 0 unspecified atom stereocenters. The second kappa shape index (κ2) is 10.6. The van der Waals surface area contributed by atoms with Crippen LogP contribution in [-0.4, -0.2) is 29.3 Å². The van der Waals surface area contributed by atoms with Crippen molar-refractivity contribution in [2.75, 3.05) is 6.54 Å². The SMILES string of the molecule is CC[C@H](C(=O)NCC(C)C)N(Cc1ccccc1)C(=O)Cc1ccccc1C. The van der Waals surface area contributed by atoms with Crippen molar-refractivity contribution in [1.29, 1.82) is 0 Å². The van der Waals surface area contributed by atoms with E-state index < -0.39 is 6.04 Å². The van der Waals surface area contributed by atoms with Crippen LogP contribution in [-0.2, 0) is 22.6 Å². The third-order valence-electron chi connectivity index (χ3n) is 4.87. The molecule has 2 aromatic carbocycles. The molecular weight excluding hydrogens is 348 g/mol. The Morgan fingerprint density at radius 3 is 2.25 bits per heavy atom. The molecule has 4 heteroatoms. The van der Waals surface area contributed by atoms with Crippen molar-refractivity contribution in [2.24, 2.45) is 5.92 Å². The molecule has 0 radical (unpaired) electrons. The van der Waals surface area contributed by atoms with Gasteiger partial charge >= 0.3 is 0 Å². The van der Waals surface area contributed by atoms with Crippen LogP contribution in [0.3, 0.4) is 0 Å². The summed E-state index contributed by atoms with van der Waals surface area (Å²) in [4.78, 5) is 27.8. The van der Waals surface area contributed by atoms with E-state index in [-0.39, 0.29) is 11.8 Å². The maximum Gasteiger partial charge on any atom is 0.242 e. The molecule has 1 atom stereocenters. The van der Waals surface area contributed by atoms with Crippen LogP contribution in [0.4, 0.5) is 0 Å². The fraction of sp³-hybridized carbons (Fsp3) is 0.417. The van der Waals surface area contributed by atoms with Crippen molar-refractivity contribution in [3.63, 3.8) is 0 Å². The average molecular weight is 381 g/mol. The molecule has 0 aliphatic heterocycles. The Bertz CT molecular complexity index is 771. The molecule has 4 nitrogen and oxygen atoms in total. The van der Waals surface area contributed by atoms with Crippen LogP contribution in [0.5, 0.6) is 0 Å². The minimum atomic E-state index is -0.476. The van der Waals surface area contributed by atoms with E-state index in [0.29, 0.717) is 31.8 Å². The molecule has 2 aromatic rings. The number of rotatable bonds is 9. The summed E-state index contributed by atoms with van der Waals surface area (Å²) in [6.45, 7) is 9.13. The van der Waals surface area contributed by atoms with Gasteiger partial charge in [-0.3, -0.25) is 9.59 Å². The molecule has 0 aromatic heterocycles. The van der Waals surface area contributed by atoms with Crippen LogP contribution in [0.25, 0.3) is 0 Å². The quantitative estimate of drug-likeness (QED) is 0.711. The van der Waals surface area contributed by atoms with Gasteiger partial charge in [0.2, 0.25) is 11.8 Å². The van der Waals surface area contributed by atoms with Gasteiger partial charge in [0.15, 0.2) is 0 Å². The molecule has 0 fully saturated rings. The summed E-state index contributed by atoms with van der Waals surface area (Å²) in [5.74, 6) is 0.265. The van der Waals surface area contributed by atoms with E-state index in [0.717, 1.165) is 16.7 Å². The van der Waals surface area contributed by atoms with Crippen molar-refractivity contribution in [3.8, 4) is 0 Å². The van der Waals surface area contributed by atoms with E-state index in [9.17, 15) is 9.59 Å². The van der Waals surface area contributed by atoms with Gasteiger partial charge in [0.1, 0.15) is 6.04 Å². The minimum Gasteiger partial charge on any atom is -0.354 e. The molecule has 2 rings (SSSR count). The smallest absolute Gasteiger partial charge is 0.242 e. The Morgan fingerprint density at radius 2 is 1.64 bits per heavy atom. The lowest BCUT2D eigenvalue weighted by atomic mass is 10.0. The number of benzene rings is 2. The molecular formula is C24H32N2O2. The molecule has 1 N–H and O–H groups in total. The largest absolute Gasteiger partial charge is 0.354 e. The fourth-order valence-corrected chi connectivity index (χ4v) is 3.20. The van der Waals surface area contributed by atoms with Crippen molar-refractivity contribution in [3.05, 3.63) is 71.3 Å². The van der Waals surface area contributed by atoms with E-state index in [1.165, 1.54) is 0 Å². The van der Waals surface area contributed by atoms with E-state index in [2.05, 4.69) is 19.2 Å². The third-order valence-corrected chi connectivity index (χ3v) is 4.87. The molecule has 0 saturated carbocycles. The summed E-state index contributed by atoms with van der Waals surface area (Å²) in [6, 6.07) is 17.3. The molecule has 0 saturated heterocycles. The normalized spacial score (nSPS) is 11.9. The number of carbonyl (C=O) groups is 2. The Morgan fingerprint density at radius 1 is 1.00 bits per heavy atom. The van der Waals surface area contributed by atoms with Gasteiger partial charge in [-0.1, -0.05) is 75.4 Å². The van der Waals surface area contributed by atoms with E-state index in [1.807, 2.05) is 68.4 Å². The standard InChI is InChI=1S/C24H32N2O2/c1-5-22(24(28)25-16-18(2)3)26(17-20-12-7-6-8-13-20)23(27)15-21-14-10-9-11-19(21)4/h6-14,18,22H,5,15-17H2,1-4H3,(H,25,28)/t22-/m1/s1. The lowest BCUT2D eigenvalue weighted by molar-refractivity contribution is -0.141. The van der Waals surface area contributed by atoms with Crippen LogP contribution in [0.1, 0.15) is 43.9 Å². The highest BCUT2D eigenvalue weighted by Gasteiger charge is 2.28. The summed E-state index contributed by atoms with van der Waals surface area (Å²) < 4.78 is 0. The summed E-state index contributed by atoms with van der Waals surface area (Å²) >= 11 is 0. The van der Waals surface area contributed by atoms with Gasteiger partial charge in [-0.25, -0.2) is 0 Å². The zero-order chi connectivity index (χ0) is 20.5. The molecule has 0 bridgehead atoms. The maximum atomic E-state index is 13.3. The average Bonchev–Trinajstić information content (AvgIpc) is 2.68. The highest BCUT2D eigenvalue weighted by molar-refractivity contribution is 5.88. The number of hydrogen-bond acceptors (Lipinski definition) is 2. The number of hydrogen-bond donors (Lipinski definition) is 1. The highest BCUT2D eigenvalue weighted by Crippen LogP contribution is 2.16. The van der Waals surface area contributed by atoms with Crippen molar-refractivity contribution < 1.29 is 9.59 Å². The third kappa shape index (κ3) is 6.22. The number of amides is 2. The van der Waals surface area contributed by atoms with Gasteiger partial charge in [0.05, 0.1) is 6.42 Å². The Kier molecular flexibility index (Phi) is 8.24. The van der Waals surface area contributed by atoms with Crippen LogP contribution in [0.2, 0.25) is 0 Å². The number of aryl methyl sites for hydroxylation is 1. The van der Waals surface area contributed by atoms with Crippen molar-refractivity contribution in [2.45, 2.75) is 53.1 Å². The van der Waals surface area contributed by atoms with Crippen molar-refractivity contribution >= 4 is 11.8 Å².